The first kappa shape index (κ1) is 22.1. The van der Waals surface area contributed by atoms with Gasteiger partial charge in [0.1, 0.15) is 17.4 Å². The third kappa shape index (κ3) is 4.43. The zero-order chi connectivity index (χ0) is 22.8. The third-order valence-electron chi connectivity index (χ3n) is 7.73. The summed E-state index contributed by atoms with van der Waals surface area (Å²) in [6.07, 6.45) is 6.92. The molecule has 0 spiro atoms. The molecule has 2 aliphatic rings. The molecule has 1 atom stereocenters. The van der Waals surface area contributed by atoms with Crippen molar-refractivity contribution >= 4 is 16.7 Å². The lowest BCUT2D eigenvalue weighted by atomic mass is 9.84. The van der Waals surface area contributed by atoms with Crippen molar-refractivity contribution in [2.45, 2.75) is 63.2 Å². The van der Waals surface area contributed by atoms with Gasteiger partial charge in [-0.15, -0.1) is 0 Å². The van der Waals surface area contributed by atoms with Gasteiger partial charge in [0.15, 0.2) is 0 Å². The molecular weight excluding hydrogens is 408 g/mol. The lowest BCUT2D eigenvalue weighted by molar-refractivity contribution is 0.396. The molecule has 2 N–H and O–H groups in total. The molecular formula is C28H36N4O. The van der Waals surface area contributed by atoms with Crippen LogP contribution in [0.15, 0.2) is 42.5 Å². The molecule has 33 heavy (non-hydrogen) atoms. The highest BCUT2D eigenvalue weighted by Crippen LogP contribution is 2.40. The van der Waals surface area contributed by atoms with Gasteiger partial charge in [0.25, 0.3) is 0 Å². The maximum absolute atomic E-state index is 5.84. The van der Waals surface area contributed by atoms with Gasteiger partial charge in [-0.2, -0.15) is 0 Å². The highest BCUT2D eigenvalue weighted by Gasteiger charge is 2.28. The van der Waals surface area contributed by atoms with Crippen LogP contribution in [0.2, 0.25) is 0 Å². The number of fused-ring (bicyclic) bond motifs is 1. The second-order valence-electron chi connectivity index (χ2n) is 9.79. The second kappa shape index (κ2) is 9.68. The van der Waals surface area contributed by atoms with E-state index in [9.17, 15) is 0 Å². The predicted octanol–water partition coefficient (Wildman–Crippen LogP) is 5.74. The van der Waals surface area contributed by atoms with Gasteiger partial charge in [-0.05, 0) is 79.8 Å². The van der Waals surface area contributed by atoms with E-state index >= 15 is 0 Å². The second-order valence-corrected chi connectivity index (χ2v) is 9.79. The molecule has 1 saturated heterocycles. The number of rotatable bonds is 7. The third-order valence-corrected chi connectivity index (χ3v) is 7.73. The summed E-state index contributed by atoms with van der Waals surface area (Å²) in [4.78, 5) is 12.7. The van der Waals surface area contributed by atoms with Gasteiger partial charge in [0.05, 0.1) is 12.6 Å². The van der Waals surface area contributed by atoms with Crippen molar-refractivity contribution in [3.05, 3.63) is 59.4 Å². The average molecular weight is 445 g/mol. The summed E-state index contributed by atoms with van der Waals surface area (Å²) < 4.78 is 5.64. The van der Waals surface area contributed by atoms with E-state index in [0.717, 1.165) is 55.3 Å². The number of ether oxygens (including phenoxy) is 1. The summed E-state index contributed by atoms with van der Waals surface area (Å²) in [7, 11) is 1.77. The fourth-order valence-electron chi connectivity index (χ4n) is 5.37. The standard InChI is InChI=1S/C28H36N4O/c1-19(12-15-29)22-10-11-25-24(18-22)28(31-27(30-25)21-6-5-7-21)32-16-13-20(14-17-32)23-8-3-4-9-26(23)33-2/h3-4,8-11,18-21H,5-7,12-17,29H2,1-2H3. The van der Waals surface area contributed by atoms with Gasteiger partial charge in [0, 0.05) is 24.4 Å². The number of methoxy groups -OCH3 is 1. The number of piperidine rings is 1. The number of anilines is 1. The van der Waals surface area contributed by atoms with Gasteiger partial charge in [-0.1, -0.05) is 37.6 Å². The van der Waals surface area contributed by atoms with E-state index in [-0.39, 0.29) is 0 Å². The number of hydrogen-bond acceptors (Lipinski definition) is 5. The molecule has 0 radical (unpaired) electrons. The topological polar surface area (TPSA) is 64.3 Å². The molecule has 1 aliphatic heterocycles. The number of aromatic nitrogens is 2. The van der Waals surface area contributed by atoms with Gasteiger partial charge >= 0.3 is 0 Å². The van der Waals surface area contributed by atoms with Crippen molar-refractivity contribution in [2.24, 2.45) is 5.73 Å². The van der Waals surface area contributed by atoms with Crippen LogP contribution in [-0.4, -0.2) is 36.7 Å². The van der Waals surface area contributed by atoms with E-state index in [1.54, 1.807) is 7.11 Å². The molecule has 2 heterocycles. The summed E-state index contributed by atoms with van der Waals surface area (Å²) in [6.45, 7) is 4.97. The first-order valence-corrected chi connectivity index (χ1v) is 12.6. The van der Waals surface area contributed by atoms with Crippen LogP contribution in [0.25, 0.3) is 10.9 Å². The zero-order valence-electron chi connectivity index (χ0n) is 20.0. The minimum Gasteiger partial charge on any atom is -0.496 e. The number of hydrogen-bond donors (Lipinski definition) is 1. The molecule has 5 rings (SSSR count). The van der Waals surface area contributed by atoms with E-state index in [1.165, 1.54) is 35.8 Å². The Morgan fingerprint density at radius 3 is 2.52 bits per heavy atom. The number of nitrogens with two attached hydrogens (primary N) is 1. The Morgan fingerprint density at radius 1 is 1.03 bits per heavy atom. The molecule has 2 aromatic carbocycles. The fraction of sp³-hybridized carbons (Fsp3) is 0.500. The van der Waals surface area contributed by atoms with Crippen LogP contribution in [-0.2, 0) is 0 Å². The van der Waals surface area contributed by atoms with Gasteiger partial charge < -0.3 is 15.4 Å². The highest BCUT2D eigenvalue weighted by atomic mass is 16.5. The van der Waals surface area contributed by atoms with Crippen LogP contribution in [0, 0.1) is 0 Å². The Balaban J connectivity index is 1.46. The van der Waals surface area contributed by atoms with Crippen LogP contribution in [0.3, 0.4) is 0 Å². The van der Waals surface area contributed by atoms with Gasteiger partial charge in [0.2, 0.25) is 0 Å². The first-order valence-electron chi connectivity index (χ1n) is 12.6. The molecule has 1 aliphatic carbocycles. The normalized spacial score (nSPS) is 18.3. The van der Waals surface area contributed by atoms with Crippen molar-refractivity contribution in [1.82, 2.24) is 9.97 Å². The lowest BCUT2D eigenvalue weighted by Gasteiger charge is -2.35. The van der Waals surface area contributed by atoms with Gasteiger partial charge in [-0.25, -0.2) is 9.97 Å². The zero-order valence-corrected chi connectivity index (χ0v) is 20.0. The minimum absolute atomic E-state index is 0.440. The SMILES string of the molecule is COc1ccccc1C1CCN(c2nc(C3CCC3)nc3ccc(C(C)CCN)cc23)CC1. The van der Waals surface area contributed by atoms with Crippen LogP contribution >= 0.6 is 0 Å². The molecule has 174 valence electrons. The smallest absolute Gasteiger partial charge is 0.140 e. The Kier molecular flexibility index (Phi) is 6.50. The van der Waals surface area contributed by atoms with E-state index in [1.807, 2.05) is 0 Å². The molecule has 0 bridgehead atoms. The van der Waals surface area contributed by atoms with Gasteiger partial charge in [-0.3, -0.25) is 0 Å². The average Bonchev–Trinajstić information content (AvgIpc) is 2.82. The minimum atomic E-state index is 0.440. The monoisotopic (exact) mass is 444 g/mol. The van der Waals surface area contributed by atoms with Crippen LogP contribution in [0.4, 0.5) is 5.82 Å². The molecule has 1 aromatic heterocycles. The Hall–Kier alpha value is -2.66. The van der Waals surface area contributed by atoms with Crippen molar-refractivity contribution in [2.75, 3.05) is 31.6 Å². The van der Waals surface area contributed by atoms with E-state index in [4.69, 9.17) is 20.4 Å². The fourth-order valence-corrected chi connectivity index (χ4v) is 5.37. The molecule has 5 nitrogen and oxygen atoms in total. The summed E-state index contributed by atoms with van der Waals surface area (Å²) in [6, 6.07) is 15.2. The summed E-state index contributed by atoms with van der Waals surface area (Å²) in [5, 5.41) is 1.19. The van der Waals surface area contributed by atoms with Crippen molar-refractivity contribution < 1.29 is 4.74 Å². The lowest BCUT2D eigenvalue weighted by Crippen LogP contribution is -2.34. The van der Waals surface area contributed by atoms with E-state index in [0.29, 0.717) is 24.3 Å². The molecule has 0 amide bonds. The van der Waals surface area contributed by atoms with E-state index in [2.05, 4.69) is 54.3 Å². The van der Waals surface area contributed by atoms with Crippen LogP contribution < -0.4 is 15.4 Å². The largest absolute Gasteiger partial charge is 0.496 e. The molecule has 3 aromatic rings. The van der Waals surface area contributed by atoms with Crippen molar-refractivity contribution in [3.8, 4) is 5.75 Å². The van der Waals surface area contributed by atoms with Crippen molar-refractivity contribution in [1.29, 1.82) is 0 Å². The maximum atomic E-state index is 5.84. The highest BCUT2D eigenvalue weighted by molar-refractivity contribution is 5.90. The molecule has 1 unspecified atom stereocenters. The van der Waals surface area contributed by atoms with Crippen LogP contribution in [0.1, 0.15) is 80.2 Å². The first-order chi connectivity index (χ1) is 16.2. The number of nitrogens with zero attached hydrogens (tertiary/aromatic N) is 3. The maximum Gasteiger partial charge on any atom is 0.140 e. The summed E-state index contributed by atoms with van der Waals surface area (Å²) >= 11 is 0. The molecule has 2 fully saturated rings. The number of para-hydroxylation sites is 1. The molecule has 1 saturated carbocycles. The summed E-state index contributed by atoms with van der Waals surface area (Å²) in [5.74, 6) is 4.66. The number of benzene rings is 2. The van der Waals surface area contributed by atoms with Crippen LogP contribution in [0.5, 0.6) is 5.75 Å². The van der Waals surface area contributed by atoms with Crippen molar-refractivity contribution in [3.63, 3.8) is 0 Å². The van der Waals surface area contributed by atoms with E-state index < -0.39 is 0 Å². The molecule has 5 heteroatoms. The Morgan fingerprint density at radius 2 is 1.82 bits per heavy atom. The quantitative estimate of drug-likeness (QED) is 0.503. The Bertz CT molecular complexity index is 1100. The Labute approximate surface area is 197 Å². The summed E-state index contributed by atoms with van der Waals surface area (Å²) in [5.41, 5.74) is 9.59. The predicted molar refractivity (Wildman–Crippen MR) is 135 cm³/mol.